The van der Waals surface area contributed by atoms with Crippen molar-refractivity contribution in [2.24, 2.45) is 0 Å². The first kappa shape index (κ1) is 24.0. The van der Waals surface area contributed by atoms with Crippen LogP contribution in [0.5, 0.6) is 0 Å². The number of nitrogens with one attached hydrogen (secondary N) is 1. The quantitative estimate of drug-likeness (QED) is 0.353. The second kappa shape index (κ2) is 10.8. The Morgan fingerprint density at radius 2 is 2.03 bits per heavy atom. The lowest BCUT2D eigenvalue weighted by atomic mass is 9.97. The Bertz CT molecular complexity index is 1180. The second-order valence-electron chi connectivity index (χ2n) is 8.46. The van der Waals surface area contributed by atoms with Crippen LogP contribution in [-0.4, -0.2) is 34.9 Å². The maximum absolute atomic E-state index is 13.4. The summed E-state index contributed by atoms with van der Waals surface area (Å²) in [4.78, 5) is 33.2. The maximum atomic E-state index is 13.4. The average molecular weight is 486 g/mol. The van der Waals surface area contributed by atoms with Crippen LogP contribution in [0.1, 0.15) is 53.8 Å². The van der Waals surface area contributed by atoms with Crippen LogP contribution in [0, 0.1) is 6.92 Å². The molecule has 0 saturated carbocycles. The van der Waals surface area contributed by atoms with E-state index in [0.717, 1.165) is 41.5 Å². The number of carbonyl (C=O) groups is 1. The van der Waals surface area contributed by atoms with E-state index in [2.05, 4.69) is 43.4 Å². The summed E-state index contributed by atoms with van der Waals surface area (Å²) in [6, 6.07) is 8.22. The molecule has 0 bridgehead atoms. The fraction of sp³-hybridized carbons (Fsp3) is 0.480. The van der Waals surface area contributed by atoms with Crippen molar-refractivity contribution < 1.29 is 9.53 Å². The van der Waals surface area contributed by atoms with Crippen LogP contribution < -0.4 is 10.9 Å². The predicted octanol–water partition coefficient (Wildman–Crippen LogP) is 4.65. The maximum Gasteiger partial charge on any atom is 0.263 e. The van der Waals surface area contributed by atoms with Gasteiger partial charge in [-0.1, -0.05) is 48.5 Å². The van der Waals surface area contributed by atoms with Gasteiger partial charge in [-0.3, -0.25) is 14.2 Å². The zero-order chi connectivity index (χ0) is 23.4. The number of benzene rings is 1. The first-order valence-corrected chi connectivity index (χ1v) is 13.3. The molecule has 0 fully saturated rings. The van der Waals surface area contributed by atoms with Gasteiger partial charge in [0.1, 0.15) is 4.83 Å². The van der Waals surface area contributed by atoms with Crippen LogP contribution in [0.4, 0.5) is 0 Å². The Morgan fingerprint density at radius 1 is 1.27 bits per heavy atom. The molecule has 4 rings (SSSR count). The summed E-state index contributed by atoms with van der Waals surface area (Å²) < 4.78 is 6.92. The van der Waals surface area contributed by atoms with E-state index < -0.39 is 0 Å². The van der Waals surface area contributed by atoms with Crippen LogP contribution in [0.25, 0.3) is 10.2 Å². The Balaban J connectivity index is 1.55. The van der Waals surface area contributed by atoms with Crippen LogP contribution >= 0.6 is 23.1 Å². The number of thiophene rings is 1. The van der Waals surface area contributed by atoms with Gasteiger partial charge in [0.05, 0.1) is 30.3 Å². The molecule has 0 unspecified atom stereocenters. The highest BCUT2D eigenvalue weighted by Gasteiger charge is 2.23. The molecule has 8 heteroatoms. The molecular formula is C25H31N3O3S2. The fourth-order valence-electron chi connectivity index (χ4n) is 4.30. The van der Waals surface area contributed by atoms with Crippen molar-refractivity contribution >= 4 is 39.2 Å². The standard InChI is InChI=1S/C25H31N3O3S2/c1-4-19(17-11-9-16(2)10-12-17)26-21(29)15-32-25-27-23-22(24(30)28(25)13-14-31-3)18-7-5-6-8-20(18)33-23/h9-12,19H,4-8,13-15H2,1-3H3,(H,26,29)/t19-/m0/s1. The molecule has 2 heterocycles. The van der Waals surface area contributed by atoms with Crippen molar-refractivity contribution in [3.8, 4) is 0 Å². The van der Waals surface area contributed by atoms with E-state index in [4.69, 9.17) is 9.72 Å². The summed E-state index contributed by atoms with van der Waals surface area (Å²) in [5.74, 6) is 0.142. The monoisotopic (exact) mass is 485 g/mol. The van der Waals surface area contributed by atoms with Gasteiger partial charge in [0.15, 0.2) is 5.16 Å². The third-order valence-electron chi connectivity index (χ3n) is 6.11. The Morgan fingerprint density at radius 3 is 2.76 bits per heavy atom. The van der Waals surface area contributed by atoms with Crippen molar-refractivity contribution in [1.29, 1.82) is 0 Å². The van der Waals surface area contributed by atoms with E-state index >= 15 is 0 Å². The molecule has 0 saturated heterocycles. The number of nitrogens with zero attached hydrogens (tertiary/aromatic N) is 2. The molecule has 1 aromatic carbocycles. The molecule has 1 atom stereocenters. The van der Waals surface area contributed by atoms with Gasteiger partial charge < -0.3 is 10.1 Å². The van der Waals surface area contributed by atoms with E-state index in [9.17, 15) is 9.59 Å². The number of aromatic nitrogens is 2. The molecule has 1 N–H and O–H groups in total. The number of ether oxygens (including phenoxy) is 1. The number of hydrogen-bond acceptors (Lipinski definition) is 6. The van der Waals surface area contributed by atoms with Crippen LogP contribution in [-0.2, 0) is 28.9 Å². The average Bonchev–Trinajstić information content (AvgIpc) is 3.20. The first-order valence-electron chi connectivity index (χ1n) is 11.5. The Labute approximate surface area is 202 Å². The minimum atomic E-state index is -0.0643. The van der Waals surface area contributed by atoms with E-state index in [1.165, 1.54) is 34.2 Å². The molecule has 1 aliphatic rings. The molecule has 176 valence electrons. The van der Waals surface area contributed by atoms with E-state index in [-0.39, 0.29) is 23.3 Å². The summed E-state index contributed by atoms with van der Waals surface area (Å²) in [5.41, 5.74) is 3.47. The van der Waals surface area contributed by atoms with E-state index in [0.29, 0.717) is 18.3 Å². The van der Waals surface area contributed by atoms with E-state index in [1.54, 1.807) is 23.0 Å². The summed E-state index contributed by atoms with van der Waals surface area (Å²) in [5, 5.41) is 4.48. The largest absolute Gasteiger partial charge is 0.383 e. The van der Waals surface area contributed by atoms with Crippen molar-refractivity contribution in [3.63, 3.8) is 0 Å². The van der Waals surface area contributed by atoms with Gasteiger partial charge in [0.25, 0.3) is 5.56 Å². The van der Waals surface area contributed by atoms with E-state index in [1.807, 2.05) is 0 Å². The summed E-state index contributed by atoms with van der Waals surface area (Å²) in [7, 11) is 1.62. The third-order valence-corrected chi connectivity index (χ3v) is 8.28. The highest BCUT2D eigenvalue weighted by atomic mass is 32.2. The van der Waals surface area contributed by atoms with Gasteiger partial charge in [0, 0.05) is 12.0 Å². The number of methoxy groups -OCH3 is 1. The number of thioether (sulfide) groups is 1. The SMILES string of the molecule is CC[C@H](NC(=O)CSc1nc2sc3c(c2c(=O)n1CCOC)CCCC3)c1ccc(C)cc1. The normalized spacial score (nSPS) is 14.3. The van der Waals surface area contributed by atoms with Gasteiger partial charge >= 0.3 is 0 Å². The molecule has 0 aliphatic heterocycles. The Hall–Kier alpha value is -2.16. The minimum Gasteiger partial charge on any atom is -0.383 e. The van der Waals surface area contributed by atoms with Crippen molar-refractivity contribution in [2.45, 2.75) is 63.7 Å². The molecule has 33 heavy (non-hydrogen) atoms. The molecule has 0 spiro atoms. The van der Waals surface area contributed by atoms with Gasteiger partial charge in [-0.15, -0.1) is 11.3 Å². The molecule has 0 radical (unpaired) electrons. The molecule has 1 amide bonds. The number of rotatable bonds is 9. The number of carbonyl (C=O) groups excluding carboxylic acids is 1. The second-order valence-corrected chi connectivity index (χ2v) is 10.5. The van der Waals surface area contributed by atoms with Crippen LogP contribution in [0.15, 0.2) is 34.2 Å². The molecule has 6 nitrogen and oxygen atoms in total. The number of fused-ring (bicyclic) bond motifs is 3. The zero-order valence-corrected chi connectivity index (χ0v) is 21.1. The number of hydrogen-bond donors (Lipinski definition) is 1. The van der Waals surface area contributed by atoms with Crippen molar-refractivity contribution in [2.75, 3.05) is 19.5 Å². The first-order chi connectivity index (χ1) is 16.0. The summed E-state index contributed by atoms with van der Waals surface area (Å²) in [6.45, 7) is 4.96. The van der Waals surface area contributed by atoms with Gasteiger partial charge in [-0.25, -0.2) is 4.98 Å². The highest BCUT2D eigenvalue weighted by Crippen LogP contribution is 2.34. The molecular weight excluding hydrogens is 454 g/mol. The molecule has 2 aromatic heterocycles. The lowest BCUT2D eigenvalue weighted by molar-refractivity contribution is -0.119. The van der Waals surface area contributed by atoms with Gasteiger partial charge in [-0.2, -0.15) is 0 Å². The van der Waals surface area contributed by atoms with Crippen molar-refractivity contribution in [3.05, 3.63) is 56.2 Å². The van der Waals surface area contributed by atoms with Gasteiger partial charge in [-0.05, 0) is 50.2 Å². The topological polar surface area (TPSA) is 73.2 Å². The minimum absolute atomic E-state index is 0.00884. The molecule has 3 aromatic rings. The van der Waals surface area contributed by atoms with Crippen LogP contribution in [0.3, 0.4) is 0 Å². The third kappa shape index (κ3) is 5.34. The lowest BCUT2D eigenvalue weighted by Crippen LogP contribution is -2.30. The highest BCUT2D eigenvalue weighted by molar-refractivity contribution is 7.99. The van der Waals surface area contributed by atoms with Crippen LogP contribution in [0.2, 0.25) is 0 Å². The zero-order valence-electron chi connectivity index (χ0n) is 19.5. The lowest BCUT2D eigenvalue weighted by Gasteiger charge is -2.18. The Kier molecular flexibility index (Phi) is 7.88. The summed E-state index contributed by atoms with van der Waals surface area (Å²) >= 11 is 2.96. The fourth-order valence-corrected chi connectivity index (χ4v) is 6.43. The van der Waals surface area contributed by atoms with Gasteiger partial charge in [0.2, 0.25) is 5.91 Å². The number of amides is 1. The predicted molar refractivity (Wildman–Crippen MR) is 135 cm³/mol. The summed E-state index contributed by atoms with van der Waals surface area (Å²) in [6.07, 6.45) is 5.06. The smallest absolute Gasteiger partial charge is 0.263 e. The van der Waals surface area contributed by atoms with Crippen molar-refractivity contribution in [1.82, 2.24) is 14.9 Å². The number of aryl methyl sites for hydroxylation is 3. The molecule has 1 aliphatic carbocycles.